The number of aromatic nitrogens is 2. The summed E-state index contributed by atoms with van der Waals surface area (Å²) in [5, 5.41) is 1.10. The molecule has 2 aromatic heterocycles. The lowest BCUT2D eigenvalue weighted by Gasteiger charge is -2.31. The van der Waals surface area contributed by atoms with E-state index in [0.717, 1.165) is 12.8 Å². The number of amides is 1. The lowest BCUT2D eigenvalue weighted by atomic mass is 9.94. The largest absolute Gasteiger partial charge is 0.467 e. The van der Waals surface area contributed by atoms with E-state index in [1.807, 2.05) is 36.2 Å². The van der Waals surface area contributed by atoms with Crippen molar-refractivity contribution in [1.82, 2.24) is 14.5 Å². The minimum Gasteiger partial charge on any atom is -0.467 e. The van der Waals surface area contributed by atoms with Gasteiger partial charge in [-0.15, -0.1) is 0 Å². The molecule has 0 aliphatic heterocycles. The van der Waals surface area contributed by atoms with Crippen molar-refractivity contribution >= 4 is 28.6 Å². The van der Waals surface area contributed by atoms with Crippen LogP contribution in [0.2, 0.25) is 0 Å². The molecule has 1 aliphatic carbocycles. The number of thioether (sulfide) groups is 1. The first-order valence-corrected chi connectivity index (χ1v) is 11.0. The Hall–Kier alpha value is -2.54. The average molecular weight is 412 g/mol. The quantitative estimate of drug-likeness (QED) is 0.454. The minimum atomic E-state index is -0.123. The van der Waals surface area contributed by atoms with Crippen LogP contribution in [0.4, 0.5) is 0 Å². The van der Waals surface area contributed by atoms with Crippen LogP contribution in [0.15, 0.2) is 57.0 Å². The van der Waals surface area contributed by atoms with Crippen LogP contribution in [0.5, 0.6) is 0 Å². The first-order valence-electron chi connectivity index (χ1n) is 10.0. The molecule has 1 amide bonds. The van der Waals surface area contributed by atoms with Crippen molar-refractivity contribution in [2.75, 3.05) is 12.8 Å². The molecule has 0 unspecified atom stereocenters. The van der Waals surface area contributed by atoms with E-state index in [1.54, 1.807) is 23.0 Å². The highest BCUT2D eigenvalue weighted by molar-refractivity contribution is 7.99. The zero-order chi connectivity index (χ0) is 20.2. The van der Waals surface area contributed by atoms with Crippen LogP contribution in [0.1, 0.15) is 37.9 Å². The number of carbonyl (C=O) groups is 1. The third-order valence-corrected chi connectivity index (χ3v) is 6.52. The predicted molar refractivity (Wildman–Crippen MR) is 114 cm³/mol. The Kier molecular flexibility index (Phi) is 6.04. The molecule has 7 heteroatoms. The molecule has 1 aliphatic rings. The van der Waals surface area contributed by atoms with Gasteiger partial charge >= 0.3 is 0 Å². The van der Waals surface area contributed by atoms with Crippen LogP contribution in [-0.4, -0.2) is 39.2 Å². The first kappa shape index (κ1) is 19.8. The highest BCUT2D eigenvalue weighted by Crippen LogP contribution is 2.24. The van der Waals surface area contributed by atoms with Crippen molar-refractivity contribution in [3.8, 4) is 0 Å². The number of fused-ring (bicyclic) bond motifs is 1. The summed E-state index contributed by atoms with van der Waals surface area (Å²) in [5.41, 5.74) is 0.520. The van der Waals surface area contributed by atoms with Crippen molar-refractivity contribution < 1.29 is 9.21 Å². The number of nitrogens with zero attached hydrogens (tertiary/aromatic N) is 3. The van der Waals surface area contributed by atoms with Gasteiger partial charge < -0.3 is 9.32 Å². The van der Waals surface area contributed by atoms with Crippen molar-refractivity contribution in [2.24, 2.45) is 0 Å². The number of hydrogen-bond donors (Lipinski definition) is 0. The summed E-state index contributed by atoms with van der Waals surface area (Å²) in [6.07, 6.45) is 7.36. The SMILES string of the molecule is CN(C(=O)CSc1nc2ccccc2c(=O)n1Cc1ccco1)C1CCCCC1. The Morgan fingerprint density at radius 3 is 2.76 bits per heavy atom. The standard InChI is InChI=1S/C22H25N3O3S/c1-24(16-8-3-2-4-9-16)20(26)15-29-22-23-19-12-6-5-11-18(19)21(27)25(22)14-17-10-7-13-28-17/h5-7,10-13,16H,2-4,8-9,14-15H2,1H3. The third kappa shape index (κ3) is 4.40. The topological polar surface area (TPSA) is 68.3 Å². The fourth-order valence-electron chi connectivity index (χ4n) is 3.86. The number of para-hydroxylation sites is 1. The summed E-state index contributed by atoms with van der Waals surface area (Å²) in [4.78, 5) is 32.4. The monoisotopic (exact) mass is 411 g/mol. The van der Waals surface area contributed by atoms with Crippen LogP contribution >= 0.6 is 11.8 Å². The minimum absolute atomic E-state index is 0.0776. The van der Waals surface area contributed by atoms with Crippen molar-refractivity contribution in [3.05, 3.63) is 58.8 Å². The molecule has 0 radical (unpaired) electrons. The van der Waals surface area contributed by atoms with Crippen LogP contribution in [0.25, 0.3) is 10.9 Å². The second kappa shape index (κ2) is 8.86. The van der Waals surface area contributed by atoms with Gasteiger partial charge in [-0.1, -0.05) is 43.2 Å². The molecule has 1 saturated carbocycles. The van der Waals surface area contributed by atoms with Crippen LogP contribution in [0.3, 0.4) is 0 Å². The average Bonchev–Trinajstić information content (AvgIpc) is 3.27. The van der Waals surface area contributed by atoms with Gasteiger partial charge in [-0.05, 0) is 37.1 Å². The summed E-state index contributed by atoms with van der Waals surface area (Å²) < 4.78 is 7.03. The van der Waals surface area contributed by atoms with Gasteiger partial charge in [-0.2, -0.15) is 0 Å². The zero-order valence-electron chi connectivity index (χ0n) is 16.5. The molecule has 29 heavy (non-hydrogen) atoms. The Morgan fingerprint density at radius 1 is 1.21 bits per heavy atom. The van der Waals surface area contributed by atoms with Gasteiger partial charge in [0.1, 0.15) is 5.76 Å². The highest BCUT2D eigenvalue weighted by Gasteiger charge is 2.23. The second-order valence-corrected chi connectivity index (χ2v) is 8.41. The Morgan fingerprint density at radius 2 is 2.00 bits per heavy atom. The molecule has 1 aromatic carbocycles. The summed E-state index contributed by atoms with van der Waals surface area (Å²) in [6, 6.07) is 11.3. The van der Waals surface area contributed by atoms with E-state index in [-0.39, 0.29) is 17.2 Å². The summed E-state index contributed by atoms with van der Waals surface area (Å²) in [6.45, 7) is 0.290. The molecule has 2 heterocycles. The summed E-state index contributed by atoms with van der Waals surface area (Å²) in [7, 11) is 1.89. The summed E-state index contributed by atoms with van der Waals surface area (Å²) >= 11 is 1.32. The molecule has 0 spiro atoms. The molecule has 0 N–H and O–H groups in total. The fraction of sp³-hybridized carbons (Fsp3) is 0.409. The molecular weight excluding hydrogens is 386 g/mol. The molecule has 6 nitrogen and oxygen atoms in total. The molecule has 0 bridgehead atoms. The van der Waals surface area contributed by atoms with E-state index in [1.165, 1.54) is 31.0 Å². The molecular formula is C22H25N3O3S. The van der Waals surface area contributed by atoms with E-state index in [2.05, 4.69) is 4.98 Å². The van der Waals surface area contributed by atoms with Crippen LogP contribution in [-0.2, 0) is 11.3 Å². The number of hydrogen-bond acceptors (Lipinski definition) is 5. The lowest BCUT2D eigenvalue weighted by molar-refractivity contribution is -0.129. The molecule has 152 valence electrons. The second-order valence-electron chi connectivity index (χ2n) is 7.47. The van der Waals surface area contributed by atoms with E-state index in [0.29, 0.717) is 34.4 Å². The van der Waals surface area contributed by atoms with Gasteiger partial charge in [0.25, 0.3) is 5.56 Å². The predicted octanol–water partition coefficient (Wildman–Crippen LogP) is 3.92. The van der Waals surface area contributed by atoms with Crippen molar-refractivity contribution in [2.45, 2.75) is 49.8 Å². The van der Waals surface area contributed by atoms with Gasteiger partial charge in [0.05, 0.1) is 29.5 Å². The van der Waals surface area contributed by atoms with E-state index < -0.39 is 0 Å². The molecule has 0 atom stereocenters. The Labute approximate surface area is 173 Å². The van der Waals surface area contributed by atoms with E-state index >= 15 is 0 Å². The van der Waals surface area contributed by atoms with Gasteiger partial charge in [-0.3, -0.25) is 14.2 Å². The maximum absolute atomic E-state index is 13.1. The molecule has 1 fully saturated rings. The number of carbonyl (C=O) groups excluding carboxylic acids is 1. The van der Waals surface area contributed by atoms with Gasteiger partial charge in [0.2, 0.25) is 5.91 Å². The third-order valence-electron chi connectivity index (χ3n) is 5.56. The van der Waals surface area contributed by atoms with Gasteiger partial charge in [-0.25, -0.2) is 4.98 Å². The molecule has 4 rings (SSSR count). The maximum Gasteiger partial charge on any atom is 0.262 e. The number of furan rings is 1. The maximum atomic E-state index is 13.1. The van der Waals surface area contributed by atoms with E-state index in [9.17, 15) is 9.59 Å². The molecule has 3 aromatic rings. The zero-order valence-corrected chi connectivity index (χ0v) is 17.4. The van der Waals surface area contributed by atoms with E-state index in [4.69, 9.17) is 4.42 Å². The normalized spacial score (nSPS) is 14.9. The van der Waals surface area contributed by atoms with Gasteiger partial charge in [0.15, 0.2) is 5.16 Å². The summed E-state index contributed by atoms with van der Waals surface area (Å²) in [5.74, 6) is 1.01. The highest BCUT2D eigenvalue weighted by atomic mass is 32.2. The smallest absolute Gasteiger partial charge is 0.262 e. The van der Waals surface area contributed by atoms with Crippen LogP contribution < -0.4 is 5.56 Å². The number of benzene rings is 1. The lowest BCUT2D eigenvalue weighted by Crippen LogP contribution is -2.39. The molecule has 0 saturated heterocycles. The fourth-order valence-corrected chi connectivity index (χ4v) is 4.78. The van der Waals surface area contributed by atoms with Crippen molar-refractivity contribution in [3.63, 3.8) is 0 Å². The van der Waals surface area contributed by atoms with Gasteiger partial charge in [0, 0.05) is 13.1 Å². The first-order chi connectivity index (χ1) is 14.1. The Balaban J connectivity index is 1.58. The van der Waals surface area contributed by atoms with Crippen LogP contribution in [0, 0.1) is 0 Å². The van der Waals surface area contributed by atoms with Crippen molar-refractivity contribution in [1.29, 1.82) is 0 Å². The Bertz CT molecular complexity index is 1040. The number of rotatable bonds is 6.